The molecule has 5 heteroatoms. The molecule has 0 spiro atoms. The predicted octanol–water partition coefficient (Wildman–Crippen LogP) is 14.6. The van der Waals surface area contributed by atoms with Crippen molar-refractivity contribution >= 4 is 33.0 Å². The first-order chi connectivity index (χ1) is 30.3. The van der Waals surface area contributed by atoms with Crippen molar-refractivity contribution < 1.29 is 34.1 Å². The molecule has 9 rings (SSSR count). The number of furan rings is 1. The Labute approximate surface area is 366 Å². The van der Waals surface area contributed by atoms with Crippen molar-refractivity contribution in [3.8, 4) is 39.5 Å². The molecule has 0 amide bonds. The number of hydrogen-bond acceptors (Lipinski definition) is 3. The summed E-state index contributed by atoms with van der Waals surface area (Å²) in [5, 5.41) is 0.932. The molecule has 0 saturated carbocycles. The second-order valence-electron chi connectivity index (χ2n) is 15.2. The molecule has 0 N–H and O–H groups in total. The van der Waals surface area contributed by atoms with Crippen LogP contribution in [0.2, 0.25) is 0 Å². The van der Waals surface area contributed by atoms with Gasteiger partial charge in [-0.1, -0.05) is 126 Å². The molecule has 0 aliphatic carbocycles. The summed E-state index contributed by atoms with van der Waals surface area (Å²) in [6.07, 6.45) is 1.75. The van der Waals surface area contributed by atoms with Crippen LogP contribution in [0.3, 0.4) is 0 Å². The number of aromatic nitrogens is 3. The van der Waals surface area contributed by atoms with Crippen LogP contribution >= 0.6 is 0 Å². The number of aryl methyl sites for hydroxylation is 2. The SMILES string of the molecule is [2H]C(C)(C)c1ccnc(-c2[c-]cccc2)c1.[2H]C([2H])([2H])c1ccc2c(c1)oc1c(-c3nc4ccccc4n3-c3c(C(C)C)cc(-c4ccccc4)cc3C(C)C)[c-]cc(C([2H])([2H])[2H])c12.[Ir]. The molecule has 6 aromatic carbocycles. The second kappa shape index (κ2) is 17.1. The molecule has 58 heavy (non-hydrogen) atoms. The first kappa shape index (κ1) is 32.4. The number of nitrogens with zero attached hydrogens (tertiary/aromatic N) is 3. The van der Waals surface area contributed by atoms with Crippen molar-refractivity contribution in [2.75, 3.05) is 0 Å². The second-order valence-corrected chi connectivity index (χ2v) is 15.2. The number of fused-ring (bicyclic) bond motifs is 4. The molecule has 3 heterocycles. The number of para-hydroxylation sites is 2. The van der Waals surface area contributed by atoms with Gasteiger partial charge in [0, 0.05) is 47.0 Å². The van der Waals surface area contributed by atoms with Gasteiger partial charge in [0.15, 0.2) is 0 Å². The summed E-state index contributed by atoms with van der Waals surface area (Å²) in [7, 11) is 0. The average molecular weight is 943 g/mol. The molecule has 0 aliphatic rings. The van der Waals surface area contributed by atoms with Crippen LogP contribution in [0.5, 0.6) is 0 Å². The summed E-state index contributed by atoms with van der Waals surface area (Å²) in [6.45, 7) is 7.69. The zero-order valence-corrected chi connectivity index (χ0v) is 35.8. The van der Waals surface area contributed by atoms with E-state index in [-0.39, 0.29) is 43.1 Å². The Hall–Kier alpha value is -5.61. The molecule has 0 atom stereocenters. The monoisotopic (exact) mass is 943 g/mol. The van der Waals surface area contributed by atoms with E-state index in [1.54, 1.807) is 12.3 Å². The van der Waals surface area contributed by atoms with Crippen LogP contribution in [0.4, 0.5) is 0 Å². The van der Waals surface area contributed by atoms with Crippen LogP contribution in [0.15, 0.2) is 138 Å². The van der Waals surface area contributed by atoms with Crippen molar-refractivity contribution in [2.45, 2.75) is 73.0 Å². The Morgan fingerprint density at radius 1 is 0.741 bits per heavy atom. The first-order valence-electron chi connectivity index (χ1n) is 22.9. The molecule has 0 aliphatic heterocycles. The van der Waals surface area contributed by atoms with Crippen molar-refractivity contribution in [3.63, 3.8) is 0 Å². The van der Waals surface area contributed by atoms with Gasteiger partial charge in [0.1, 0.15) is 5.58 Å². The van der Waals surface area contributed by atoms with Gasteiger partial charge in [-0.2, -0.15) is 0 Å². The standard InChI is InChI=1S/C39H35N2O.C14H14N.Ir/c1-23(2)31-21-28(27-12-8-7-9-13-27)22-32(24(3)4)37(31)41-34-15-11-10-14-33(34)40-39(41)30-19-17-26(6)36-29-18-16-25(5)20-35(29)42-38(30)36;1-11(2)13-8-9-15-14(10-13)12-6-4-3-5-7-12;/h7-18,20-24H,1-6H3;3-6,8-11H,1-2H3;/q2*-1;/i5D3,6D3;11D;. The van der Waals surface area contributed by atoms with Crippen molar-refractivity contribution in [1.29, 1.82) is 0 Å². The molecule has 0 fully saturated rings. The fraction of sp³-hybridized carbons (Fsp3) is 0.208. The maximum Gasteiger partial charge on any atom is 0.121 e. The molecule has 9 aromatic rings. The van der Waals surface area contributed by atoms with E-state index < -0.39 is 19.6 Å². The smallest absolute Gasteiger partial charge is 0.121 e. The van der Waals surface area contributed by atoms with E-state index in [1.807, 2.05) is 92.7 Å². The van der Waals surface area contributed by atoms with Crippen LogP contribution in [0.1, 0.15) is 96.7 Å². The number of benzene rings is 6. The summed E-state index contributed by atoms with van der Waals surface area (Å²) in [5.41, 5.74) is 11.3. The minimum Gasteiger partial charge on any atom is -0.501 e. The summed E-state index contributed by atoms with van der Waals surface area (Å²) < 4.78 is 65.5. The summed E-state index contributed by atoms with van der Waals surface area (Å²) >= 11 is 0. The van der Waals surface area contributed by atoms with Crippen LogP contribution < -0.4 is 0 Å². The third kappa shape index (κ3) is 7.82. The van der Waals surface area contributed by atoms with E-state index in [0.717, 1.165) is 55.8 Å². The average Bonchev–Trinajstić information content (AvgIpc) is 3.84. The van der Waals surface area contributed by atoms with Crippen LogP contribution in [-0.4, -0.2) is 14.5 Å². The summed E-state index contributed by atoms with van der Waals surface area (Å²) in [6, 6.07) is 47.0. The summed E-state index contributed by atoms with van der Waals surface area (Å²) in [5.74, 6) is 0.278. The van der Waals surface area contributed by atoms with E-state index in [4.69, 9.17) is 19.0 Å². The van der Waals surface area contributed by atoms with Crippen LogP contribution in [-0.2, 0) is 20.1 Å². The minimum atomic E-state index is -2.46. The Bertz CT molecular complexity index is 3100. The molecular weight excluding hydrogens is 887 g/mol. The van der Waals surface area contributed by atoms with Gasteiger partial charge in [-0.05, 0) is 94.5 Å². The van der Waals surface area contributed by atoms with Gasteiger partial charge >= 0.3 is 0 Å². The van der Waals surface area contributed by atoms with Gasteiger partial charge in [0.2, 0.25) is 0 Å². The maximum absolute atomic E-state index is 8.35. The summed E-state index contributed by atoms with van der Waals surface area (Å²) in [4.78, 5) is 9.46. The Morgan fingerprint density at radius 2 is 1.48 bits per heavy atom. The minimum absolute atomic E-state index is 0. The van der Waals surface area contributed by atoms with Crippen LogP contribution in [0, 0.1) is 25.8 Å². The Balaban J connectivity index is 0.000000313. The topological polar surface area (TPSA) is 43.9 Å². The zero-order valence-electron chi connectivity index (χ0n) is 40.4. The van der Waals surface area contributed by atoms with Gasteiger partial charge in [-0.25, -0.2) is 0 Å². The van der Waals surface area contributed by atoms with Crippen molar-refractivity contribution in [1.82, 2.24) is 14.5 Å². The first-order valence-corrected chi connectivity index (χ1v) is 19.4. The third-order valence-corrected chi connectivity index (χ3v) is 10.4. The molecule has 3 aromatic heterocycles. The van der Waals surface area contributed by atoms with E-state index in [9.17, 15) is 0 Å². The maximum atomic E-state index is 8.35. The molecule has 0 unspecified atom stereocenters. The number of imidazole rings is 1. The van der Waals surface area contributed by atoms with Gasteiger partial charge in [-0.15, -0.1) is 53.6 Å². The molecule has 0 saturated heterocycles. The molecule has 293 valence electrons. The molecule has 4 nitrogen and oxygen atoms in total. The predicted molar refractivity (Wildman–Crippen MR) is 238 cm³/mol. The van der Waals surface area contributed by atoms with E-state index >= 15 is 0 Å². The third-order valence-electron chi connectivity index (χ3n) is 10.4. The zero-order chi connectivity index (χ0) is 45.7. The van der Waals surface area contributed by atoms with Gasteiger partial charge in [0.05, 0.1) is 22.4 Å². The van der Waals surface area contributed by atoms with Gasteiger partial charge in [0.25, 0.3) is 0 Å². The normalized spacial score (nSPS) is 13.8. The van der Waals surface area contributed by atoms with E-state index in [2.05, 4.69) is 73.6 Å². The van der Waals surface area contributed by atoms with Crippen molar-refractivity contribution in [3.05, 3.63) is 174 Å². The molecular formula is C53H49IrN3O-2. The van der Waals surface area contributed by atoms with E-state index in [1.165, 1.54) is 18.2 Å². The van der Waals surface area contributed by atoms with E-state index in [0.29, 0.717) is 33.3 Å². The van der Waals surface area contributed by atoms with Crippen molar-refractivity contribution in [2.24, 2.45) is 0 Å². The van der Waals surface area contributed by atoms with Gasteiger partial charge < -0.3 is 14.0 Å². The molecule has 0 bridgehead atoms. The number of rotatable bonds is 7. The Kier molecular flexibility index (Phi) is 9.53. The number of pyridine rings is 1. The molecule has 1 radical (unpaired) electrons. The van der Waals surface area contributed by atoms with Gasteiger partial charge in [-0.3, -0.25) is 4.98 Å². The quantitative estimate of drug-likeness (QED) is 0.150. The van der Waals surface area contributed by atoms with Crippen LogP contribution in [0.25, 0.3) is 72.4 Å². The Morgan fingerprint density at radius 3 is 2.17 bits per heavy atom. The fourth-order valence-corrected chi connectivity index (χ4v) is 7.47. The largest absolute Gasteiger partial charge is 0.501 e. The number of hydrogen-bond donors (Lipinski definition) is 0. The fourth-order valence-electron chi connectivity index (χ4n) is 7.47.